The van der Waals surface area contributed by atoms with Gasteiger partial charge >= 0.3 is 0 Å². The molecule has 2 heterocycles. The number of carbonyl (C=O) groups is 2. The predicted octanol–water partition coefficient (Wildman–Crippen LogP) is 4.40. The van der Waals surface area contributed by atoms with Crippen LogP contribution in [0.4, 0.5) is 0 Å². The van der Waals surface area contributed by atoms with Crippen molar-refractivity contribution in [2.24, 2.45) is 0 Å². The first-order valence-corrected chi connectivity index (χ1v) is 10.9. The fourth-order valence-corrected chi connectivity index (χ4v) is 4.83. The zero-order valence-electron chi connectivity index (χ0n) is 18.5. The smallest absolute Gasteiger partial charge is 0.254 e. The minimum atomic E-state index is -0.558. The predicted molar refractivity (Wildman–Crippen MR) is 127 cm³/mol. The Bertz CT molecular complexity index is 1340. The molecule has 4 aromatic rings. The fraction of sp³-hybridized carbons (Fsp3) is 0.185. The molecule has 0 fully saturated rings. The van der Waals surface area contributed by atoms with Gasteiger partial charge in [-0.3, -0.25) is 9.59 Å². The van der Waals surface area contributed by atoms with E-state index in [1.54, 1.807) is 25.1 Å². The van der Waals surface area contributed by atoms with Crippen molar-refractivity contribution in [3.8, 4) is 5.75 Å². The van der Waals surface area contributed by atoms with Crippen molar-refractivity contribution in [1.82, 2.24) is 15.2 Å². The SMILES string of the molecule is COc1ccccc1CNC(=O)[C@H]1c2ccccc2C(=O)N(C)[C@@H]1c1c[nH]c2ccccc12. The summed E-state index contributed by atoms with van der Waals surface area (Å²) in [6, 6.07) is 22.5. The topological polar surface area (TPSA) is 74.4 Å². The van der Waals surface area contributed by atoms with E-state index in [0.717, 1.165) is 33.3 Å². The molecular formula is C27H25N3O3. The third kappa shape index (κ3) is 3.53. The van der Waals surface area contributed by atoms with Gasteiger partial charge in [-0.1, -0.05) is 54.6 Å². The number of ether oxygens (including phenoxy) is 1. The van der Waals surface area contributed by atoms with Crippen LogP contribution in [0.5, 0.6) is 5.75 Å². The number of amides is 2. The molecule has 0 unspecified atom stereocenters. The third-order valence-electron chi connectivity index (χ3n) is 6.45. The van der Waals surface area contributed by atoms with E-state index in [9.17, 15) is 9.59 Å². The number of hydrogen-bond donors (Lipinski definition) is 2. The number of methoxy groups -OCH3 is 1. The van der Waals surface area contributed by atoms with Gasteiger partial charge in [0.05, 0.1) is 19.1 Å². The summed E-state index contributed by atoms with van der Waals surface area (Å²) in [5.41, 5.74) is 4.10. The van der Waals surface area contributed by atoms with E-state index in [1.165, 1.54) is 0 Å². The number of para-hydroxylation sites is 2. The van der Waals surface area contributed by atoms with Crippen LogP contribution in [-0.4, -0.2) is 35.9 Å². The monoisotopic (exact) mass is 439 g/mol. The number of benzene rings is 3. The number of nitrogens with one attached hydrogen (secondary N) is 2. The summed E-state index contributed by atoms with van der Waals surface area (Å²) in [5, 5.41) is 4.10. The minimum Gasteiger partial charge on any atom is -0.496 e. The number of rotatable bonds is 5. The third-order valence-corrected chi connectivity index (χ3v) is 6.45. The average molecular weight is 440 g/mol. The highest BCUT2D eigenvalue weighted by atomic mass is 16.5. The largest absolute Gasteiger partial charge is 0.496 e. The Morgan fingerprint density at radius 1 is 1.00 bits per heavy atom. The number of likely N-dealkylation sites (N-methyl/N-ethyl adjacent to an activating group) is 1. The zero-order chi connectivity index (χ0) is 22.9. The molecule has 6 heteroatoms. The molecule has 6 nitrogen and oxygen atoms in total. The van der Waals surface area contributed by atoms with Gasteiger partial charge in [0.1, 0.15) is 5.75 Å². The fourth-order valence-electron chi connectivity index (χ4n) is 4.83. The van der Waals surface area contributed by atoms with Crippen molar-refractivity contribution in [3.63, 3.8) is 0 Å². The summed E-state index contributed by atoms with van der Waals surface area (Å²) in [7, 11) is 3.39. The average Bonchev–Trinajstić information content (AvgIpc) is 3.28. The second kappa shape index (κ2) is 8.47. The minimum absolute atomic E-state index is 0.0883. The van der Waals surface area contributed by atoms with Crippen molar-refractivity contribution >= 4 is 22.7 Å². The Kier molecular flexibility index (Phi) is 5.34. The summed E-state index contributed by atoms with van der Waals surface area (Å²) in [6.45, 7) is 0.333. The lowest BCUT2D eigenvalue weighted by Gasteiger charge is -2.39. The standard InChI is InChI=1S/C27H25N3O3/c1-30-25(21-16-28-22-13-7-6-10-18(21)22)24(19-11-4-5-12-20(19)27(30)32)26(31)29-15-17-9-3-8-14-23(17)33-2/h3-14,16,24-25,28H,15H2,1-2H3,(H,29,31)/t24-,25+/m0/s1. The van der Waals surface area contributed by atoms with Crippen molar-refractivity contribution in [1.29, 1.82) is 0 Å². The molecular weight excluding hydrogens is 414 g/mol. The zero-order valence-corrected chi connectivity index (χ0v) is 18.5. The molecule has 2 atom stereocenters. The Morgan fingerprint density at radius 2 is 1.73 bits per heavy atom. The molecule has 2 amide bonds. The van der Waals surface area contributed by atoms with Crippen LogP contribution in [0, 0.1) is 0 Å². The van der Waals surface area contributed by atoms with Crippen LogP contribution in [0.2, 0.25) is 0 Å². The number of H-pyrrole nitrogens is 1. The number of aromatic nitrogens is 1. The highest BCUT2D eigenvalue weighted by Gasteiger charge is 2.43. The molecule has 5 rings (SSSR count). The van der Waals surface area contributed by atoms with Crippen LogP contribution in [-0.2, 0) is 11.3 Å². The normalized spacial score (nSPS) is 17.6. The Balaban J connectivity index is 1.57. The van der Waals surface area contributed by atoms with Crippen LogP contribution in [0.3, 0.4) is 0 Å². The van der Waals surface area contributed by atoms with Gasteiger partial charge in [-0.05, 0) is 23.8 Å². The van der Waals surface area contributed by atoms with Gasteiger partial charge in [-0.25, -0.2) is 0 Å². The van der Waals surface area contributed by atoms with E-state index in [-0.39, 0.29) is 11.8 Å². The molecule has 1 aromatic heterocycles. The summed E-state index contributed by atoms with van der Waals surface area (Å²) in [6.07, 6.45) is 1.91. The van der Waals surface area contributed by atoms with Gasteiger partial charge < -0.3 is 19.9 Å². The summed E-state index contributed by atoms with van der Waals surface area (Å²) in [4.78, 5) is 32.0. The van der Waals surface area contributed by atoms with Crippen molar-refractivity contribution in [2.75, 3.05) is 14.2 Å². The molecule has 0 spiro atoms. The Hall–Kier alpha value is -4.06. The molecule has 166 valence electrons. The van der Waals surface area contributed by atoms with E-state index >= 15 is 0 Å². The summed E-state index contributed by atoms with van der Waals surface area (Å²) < 4.78 is 5.43. The van der Waals surface area contributed by atoms with Crippen LogP contribution in [0.15, 0.2) is 79.0 Å². The molecule has 0 saturated carbocycles. The van der Waals surface area contributed by atoms with Gasteiger partial charge in [-0.15, -0.1) is 0 Å². The first kappa shape index (κ1) is 20.8. The van der Waals surface area contributed by atoms with Crippen LogP contribution in [0.1, 0.15) is 39.0 Å². The quantitative estimate of drug-likeness (QED) is 0.484. The van der Waals surface area contributed by atoms with E-state index in [1.807, 2.05) is 72.9 Å². The van der Waals surface area contributed by atoms with Crippen LogP contribution < -0.4 is 10.1 Å². The van der Waals surface area contributed by atoms with Gasteiger partial charge in [0.2, 0.25) is 5.91 Å². The van der Waals surface area contributed by atoms with Gasteiger partial charge in [0.15, 0.2) is 0 Å². The van der Waals surface area contributed by atoms with Gasteiger partial charge in [0, 0.05) is 47.4 Å². The number of carbonyl (C=O) groups excluding carboxylic acids is 2. The van der Waals surface area contributed by atoms with Gasteiger partial charge in [0.25, 0.3) is 5.91 Å². The van der Waals surface area contributed by atoms with Crippen LogP contribution in [0.25, 0.3) is 10.9 Å². The first-order chi connectivity index (χ1) is 16.1. The molecule has 0 aliphatic carbocycles. The second-order valence-electron chi connectivity index (χ2n) is 8.25. The molecule has 33 heavy (non-hydrogen) atoms. The highest BCUT2D eigenvalue weighted by molar-refractivity contribution is 6.02. The summed E-state index contributed by atoms with van der Waals surface area (Å²) >= 11 is 0. The maximum atomic E-state index is 13.7. The van der Waals surface area contributed by atoms with Crippen LogP contribution >= 0.6 is 0 Å². The van der Waals surface area contributed by atoms with Crippen molar-refractivity contribution < 1.29 is 14.3 Å². The number of fused-ring (bicyclic) bond motifs is 2. The molecule has 2 N–H and O–H groups in total. The number of nitrogens with zero attached hydrogens (tertiary/aromatic N) is 1. The number of hydrogen-bond acceptors (Lipinski definition) is 3. The molecule has 1 aliphatic heterocycles. The molecule has 0 saturated heterocycles. The van der Waals surface area contributed by atoms with Crippen molar-refractivity contribution in [2.45, 2.75) is 18.5 Å². The molecule has 1 aliphatic rings. The maximum Gasteiger partial charge on any atom is 0.254 e. The second-order valence-corrected chi connectivity index (χ2v) is 8.25. The first-order valence-electron chi connectivity index (χ1n) is 10.9. The molecule has 0 radical (unpaired) electrons. The van der Waals surface area contributed by atoms with Crippen molar-refractivity contribution in [3.05, 3.63) is 101 Å². The maximum absolute atomic E-state index is 13.7. The molecule has 0 bridgehead atoms. The van der Waals surface area contributed by atoms with E-state index in [2.05, 4.69) is 10.3 Å². The van der Waals surface area contributed by atoms with E-state index < -0.39 is 12.0 Å². The lowest BCUT2D eigenvalue weighted by Crippen LogP contribution is -2.45. The van der Waals surface area contributed by atoms with E-state index in [4.69, 9.17) is 4.74 Å². The van der Waals surface area contributed by atoms with E-state index in [0.29, 0.717) is 12.1 Å². The highest BCUT2D eigenvalue weighted by Crippen LogP contribution is 2.44. The molecule has 3 aromatic carbocycles. The summed E-state index contributed by atoms with van der Waals surface area (Å²) in [5.74, 6) is -0.0576. The number of aromatic amines is 1. The van der Waals surface area contributed by atoms with Gasteiger partial charge in [-0.2, -0.15) is 0 Å². The lowest BCUT2D eigenvalue weighted by atomic mass is 9.79. The Labute approximate surface area is 192 Å². The Morgan fingerprint density at radius 3 is 2.58 bits per heavy atom. The lowest BCUT2D eigenvalue weighted by molar-refractivity contribution is -0.124.